The van der Waals surface area contributed by atoms with E-state index in [0.29, 0.717) is 5.92 Å². The molecule has 5 heteroatoms. The second-order valence-corrected chi connectivity index (χ2v) is 3.93. The zero-order valence-electron chi connectivity index (χ0n) is 7.81. The van der Waals surface area contributed by atoms with Gasteiger partial charge in [0.1, 0.15) is 0 Å². The van der Waals surface area contributed by atoms with Crippen LogP contribution in [0.4, 0.5) is 12.9 Å². The van der Waals surface area contributed by atoms with Crippen LogP contribution in [-0.2, 0) is 4.74 Å². The smallest absolute Gasteiger partial charge is 0.447 e. The average molecular weight is 195 g/mol. The molecule has 0 atom stereocenters. The molecule has 1 rings (SSSR count). The van der Waals surface area contributed by atoms with E-state index in [4.69, 9.17) is 4.74 Å². The normalized spacial score (nSPS) is 30.5. The Morgan fingerprint density at radius 1 is 1.15 bits per heavy atom. The summed E-state index contributed by atoms with van der Waals surface area (Å²) in [6.45, 7) is -3.66. The predicted octanol–water partition coefficient (Wildman–Crippen LogP) is 2.97. The molecule has 13 heavy (non-hydrogen) atoms. The maximum Gasteiger partial charge on any atom is 0.503 e. The molecule has 1 aliphatic rings. The summed E-state index contributed by atoms with van der Waals surface area (Å²) in [6, 6.07) is 0. The first-order valence-electron chi connectivity index (χ1n) is 4.80. The van der Waals surface area contributed by atoms with E-state index in [1.807, 2.05) is 0 Å². The molecule has 1 fully saturated rings. The Labute approximate surface area is 76.7 Å². The molecule has 0 spiro atoms. The number of hydrogen-bond acceptors (Lipinski definition) is 1. The molecule has 1 saturated carbocycles. The van der Waals surface area contributed by atoms with Gasteiger partial charge in [-0.3, -0.25) is 0 Å². The number of ether oxygens (including phenoxy) is 1. The van der Waals surface area contributed by atoms with Crippen LogP contribution in [0.15, 0.2) is 0 Å². The fourth-order valence-electron chi connectivity index (χ4n) is 1.64. The molecule has 1 nitrogen and oxygen atoms in total. The van der Waals surface area contributed by atoms with Crippen LogP contribution < -0.4 is 0 Å². The second kappa shape index (κ2) is 4.35. The van der Waals surface area contributed by atoms with E-state index in [1.165, 1.54) is 0 Å². The summed E-state index contributed by atoms with van der Waals surface area (Å²) in [5.74, 6) is 0.649. The molecule has 1 aliphatic carbocycles. The number of hydrogen-bond donors (Lipinski definition) is 0. The van der Waals surface area contributed by atoms with Crippen LogP contribution >= 0.6 is 0 Å². The van der Waals surface area contributed by atoms with Gasteiger partial charge in [0.25, 0.3) is 0 Å². The average Bonchev–Trinajstić information content (AvgIpc) is 2.02. The Balaban J connectivity index is 2.16. The van der Waals surface area contributed by atoms with Crippen LogP contribution in [0.25, 0.3) is 0 Å². The van der Waals surface area contributed by atoms with Gasteiger partial charge >= 0.3 is 6.98 Å². The molecule has 0 N–H and O–H groups in total. The fraction of sp³-hybridized carbons (Fsp3) is 1.00. The van der Waals surface area contributed by atoms with Crippen LogP contribution in [0.2, 0.25) is 0 Å². The highest BCUT2D eigenvalue weighted by molar-refractivity contribution is 6.58. The molecule has 0 unspecified atom stereocenters. The van der Waals surface area contributed by atoms with Gasteiger partial charge in [-0.05, 0) is 31.6 Å². The molecule has 0 bridgehead atoms. The van der Waals surface area contributed by atoms with Crippen LogP contribution in [0, 0.1) is 5.92 Å². The summed E-state index contributed by atoms with van der Waals surface area (Å²) in [5.41, 5.74) is 0. The van der Waals surface area contributed by atoms with Crippen LogP contribution in [0.5, 0.6) is 0 Å². The minimum Gasteiger partial charge on any atom is -0.447 e. The monoisotopic (exact) mass is 195 g/mol. The summed E-state index contributed by atoms with van der Waals surface area (Å²) in [7, 11) is 0. The summed E-state index contributed by atoms with van der Waals surface area (Å²) < 4.78 is 40.3. The van der Waals surface area contributed by atoms with Gasteiger partial charge in [-0.25, -0.2) is 0 Å². The quantitative estimate of drug-likeness (QED) is 0.629. The van der Waals surface area contributed by atoms with Gasteiger partial charge in [-0.2, -0.15) is 0 Å². The van der Waals surface area contributed by atoms with E-state index in [9.17, 15) is 12.9 Å². The summed E-state index contributed by atoms with van der Waals surface area (Å²) in [4.78, 5) is 0. The van der Waals surface area contributed by atoms with Gasteiger partial charge in [-0.15, -0.1) is 0 Å². The van der Waals surface area contributed by atoms with E-state index >= 15 is 0 Å². The van der Waals surface area contributed by atoms with Crippen molar-refractivity contribution in [3.05, 3.63) is 0 Å². The summed E-state index contributed by atoms with van der Waals surface area (Å²) in [6.07, 6.45) is 3.41. The molecule has 0 aromatic carbocycles. The van der Waals surface area contributed by atoms with E-state index in [0.717, 1.165) is 25.7 Å². The Morgan fingerprint density at radius 2 is 1.69 bits per heavy atom. The molecule has 78 valence electrons. The first-order valence-corrected chi connectivity index (χ1v) is 4.80. The van der Waals surface area contributed by atoms with Gasteiger partial charge in [0.2, 0.25) is 0 Å². The first kappa shape index (κ1) is 10.9. The highest BCUT2D eigenvalue weighted by Gasteiger charge is 2.26. The third-order valence-corrected chi connectivity index (χ3v) is 2.48. The van der Waals surface area contributed by atoms with Crippen molar-refractivity contribution >= 4 is 6.98 Å². The maximum absolute atomic E-state index is 11.8. The van der Waals surface area contributed by atoms with E-state index < -0.39 is 13.5 Å². The van der Waals surface area contributed by atoms with Crippen molar-refractivity contribution in [1.82, 2.24) is 0 Å². The fourth-order valence-corrected chi connectivity index (χ4v) is 1.64. The van der Waals surface area contributed by atoms with Crippen molar-refractivity contribution in [2.75, 3.05) is 6.51 Å². The topological polar surface area (TPSA) is 9.23 Å². The Morgan fingerprint density at radius 3 is 2.15 bits per heavy atom. The predicted molar refractivity (Wildman–Crippen MR) is 46.5 cm³/mol. The lowest BCUT2D eigenvalue weighted by Crippen LogP contribution is -2.30. The largest absolute Gasteiger partial charge is 0.503 e. The molecule has 0 radical (unpaired) electrons. The lowest BCUT2D eigenvalue weighted by atomic mass is 9.88. The molecule has 0 aromatic heterocycles. The van der Waals surface area contributed by atoms with Crippen LogP contribution in [-0.4, -0.2) is 19.6 Å². The van der Waals surface area contributed by atoms with Crippen molar-refractivity contribution in [2.45, 2.75) is 38.7 Å². The van der Waals surface area contributed by atoms with Crippen LogP contribution in [0.1, 0.15) is 32.6 Å². The number of rotatable bonds is 3. The van der Waals surface area contributed by atoms with Crippen molar-refractivity contribution in [3.8, 4) is 0 Å². The zero-order valence-corrected chi connectivity index (χ0v) is 7.81. The maximum atomic E-state index is 11.8. The Hall–Kier alpha value is -0.185. The molecule has 0 saturated heterocycles. The summed E-state index contributed by atoms with van der Waals surface area (Å²) in [5, 5.41) is 0. The Bertz CT molecular complexity index is 152. The van der Waals surface area contributed by atoms with E-state index in [2.05, 4.69) is 6.92 Å². The third kappa shape index (κ3) is 4.55. The Kier molecular flexibility index (Phi) is 3.65. The van der Waals surface area contributed by atoms with Crippen molar-refractivity contribution in [2.24, 2.45) is 5.92 Å². The van der Waals surface area contributed by atoms with Gasteiger partial charge in [0.05, 0.1) is 6.10 Å². The summed E-state index contributed by atoms with van der Waals surface area (Å²) >= 11 is 0. The lowest BCUT2D eigenvalue weighted by molar-refractivity contribution is 0.0332. The highest BCUT2D eigenvalue weighted by atomic mass is 19.4. The molecule has 0 aliphatic heterocycles. The van der Waals surface area contributed by atoms with Crippen molar-refractivity contribution in [1.29, 1.82) is 0 Å². The lowest BCUT2D eigenvalue weighted by Gasteiger charge is -2.28. The van der Waals surface area contributed by atoms with E-state index in [1.54, 1.807) is 0 Å². The van der Waals surface area contributed by atoms with Crippen LogP contribution in [0.3, 0.4) is 0 Å². The van der Waals surface area contributed by atoms with Gasteiger partial charge in [0.15, 0.2) is 0 Å². The standard InChI is InChI=1S/C8H15BF3O/c1-7-2-4-8(5-3-7)13-6-9(10,11)12/h7-8H,2-6H2,1H3/q-1. The first-order chi connectivity index (χ1) is 5.97. The molecular weight excluding hydrogens is 180 g/mol. The van der Waals surface area contributed by atoms with Gasteiger partial charge in [0, 0.05) is 6.51 Å². The third-order valence-electron chi connectivity index (χ3n) is 2.48. The van der Waals surface area contributed by atoms with Gasteiger partial charge < -0.3 is 17.7 Å². The van der Waals surface area contributed by atoms with Gasteiger partial charge in [-0.1, -0.05) is 6.92 Å². The molecule has 0 heterocycles. The SMILES string of the molecule is CC1CCC(OC[B-](F)(F)F)CC1. The zero-order chi connectivity index (χ0) is 9.90. The minimum atomic E-state index is -4.76. The molecular formula is C8H15BF3O-. The second-order valence-electron chi connectivity index (χ2n) is 3.93. The molecule has 0 amide bonds. The van der Waals surface area contributed by atoms with Crippen molar-refractivity contribution in [3.63, 3.8) is 0 Å². The number of halogens is 3. The van der Waals surface area contributed by atoms with Crippen molar-refractivity contribution < 1.29 is 17.7 Å². The molecule has 0 aromatic rings. The highest BCUT2D eigenvalue weighted by Crippen LogP contribution is 2.26. The minimum absolute atomic E-state index is 0.153. The van der Waals surface area contributed by atoms with E-state index in [-0.39, 0.29) is 6.10 Å².